The fraction of sp³-hybridized carbons (Fsp3) is 0.143. The van der Waals surface area contributed by atoms with Gasteiger partial charge >= 0.3 is 0 Å². The Morgan fingerprint density at radius 2 is 1.91 bits per heavy atom. The predicted molar refractivity (Wildman–Crippen MR) is 59.8 cm³/mol. The van der Waals surface area contributed by atoms with Crippen molar-refractivity contribution in [3.63, 3.8) is 0 Å². The van der Waals surface area contributed by atoms with Crippen molar-refractivity contribution in [1.29, 1.82) is 0 Å². The van der Waals surface area contributed by atoms with Gasteiger partial charge in [-0.3, -0.25) is 0 Å². The fourth-order valence-electron chi connectivity index (χ4n) is 0.986. The second-order valence-corrected chi connectivity index (χ2v) is 7.16. The zero-order valence-corrected chi connectivity index (χ0v) is 10.5. The van der Waals surface area contributed by atoms with E-state index in [0.29, 0.717) is 0 Å². The average Bonchev–Trinajstić information content (AvgIpc) is 2.38. The first kappa shape index (κ1) is 8.23. The third-order valence-corrected chi connectivity index (χ3v) is 5.46. The molecule has 2 rings (SSSR count). The lowest BCUT2D eigenvalue weighted by atomic mass is 10.4. The van der Waals surface area contributed by atoms with Gasteiger partial charge < -0.3 is 0 Å². The van der Waals surface area contributed by atoms with Crippen LogP contribution in [0.5, 0.6) is 0 Å². The van der Waals surface area contributed by atoms with E-state index >= 15 is 0 Å². The van der Waals surface area contributed by atoms with E-state index in [1.165, 1.54) is 22.5 Å². The van der Waals surface area contributed by atoms with Crippen molar-refractivity contribution in [3.05, 3.63) is 18.5 Å². The lowest BCUT2D eigenvalue weighted by Crippen LogP contribution is -1.50. The molecule has 0 spiro atoms. The van der Waals surface area contributed by atoms with Crippen LogP contribution in [0.3, 0.4) is 0 Å². The number of halogens is 2. The Labute approximate surface area is 89.5 Å². The molecular weight excluding hydrogens is 308 g/mol. The van der Waals surface area contributed by atoms with Crippen molar-refractivity contribution in [2.24, 2.45) is 0 Å². The summed E-state index contributed by atoms with van der Waals surface area (Å²) >= 11 is 10.6. The topological polar surface area (TPSA) is 0 Å². The average molecular weight is 312 g/mol. The molecule has 0 saturated heterocycles. The third kappa shape index (κ3) is 1.30. The van der Waals surface area contributed by atoms with Gasteiger partial charge in [0, 0.05) is 10.3 Å². The third-order valence-electron chi connectivity index (χ3n) is 1.42. The lowest BCUT2D eigenvalue weighted by molar-refractivity contribution is 1.66. The summed E-state index contributed by atoms with van der Waals surface area (Å²) in [6.45, 7) is 2.13. The van der Waals surface area contributed by atoms with Gasteiger partial charge in [-0.25, -0.2) is 0 Å². The van der Waals surface area contributed by atoms with E-state index in [2.05, 4.69) is 44.8 Å². The van der Waals surface area contributed by atoms with Crippen molar-refractivity contribution >= 4 is 64.6 Å². The molecule has 0 nitrogen and oxygen atoms in total. The zero-order chi connectivity index (χ0) is 8.01. The van der Waals surface area contributed by atoms with Gasteiger partial charge in [-0.05, 0) is 44.8 Å². The van der Waals surface area contributed by atoms with Crippen LogP contribution in [-0.2, 0) is 0 Å². The maximum Gasteiger partial charge on any atom is 0.0888 e. The first-order valence-electron chi connectivity index (χ1n) is 3.02. The van der Waals surface area contributed by atoms with Gasteiger partial charge in [0.2, 0.25) is 0 Å². The minimum Gasteiger partial charge on any atom is -0.138 e. The molecule has 2 aromatic heterocycles. The molecule has 0 aromatic carbocycles. The second kappa shape index (κ2) is 2.83. The lowest BCUT2D eigenvalue weighted by Gasteiger charge is -1.77. The maximum absolute atomic E-state index is 3.53. The predicted octanol–water partition coefficient (Wildman–Crippen LogP) is 4.80. The SMILES string of the molecule is Cc1cc2c(Br)sc(Br)c2s1. The van der Waals surface area contributed by atoms with Crippen LogP contribution in [0, 0.1) is 6.92 Å². The van der Waals surface area contributed by atoms with Crippen molar-refractivity contribution < 1.29 is 0 Å². The highest BCUT2D eigenvalue weighted by atomic mass is 79.9. The number of hydrogen-bond donors (Lipinski definition) is 0. The molecule has 0 unspecified atom stereocenters. The standard InChI is InChI=1S/C7H4Br2S2/c1-3-2-4-5(10-3)7(9)11-6(4)8/h2H,1H3. The molecule has 0 aliphatic carbocycles. The Balaban J connectivity index is 2.92. The molecular formula is C7H4Br2S2. The summed E-state index contributed by atoms with van der Waals surface area (Å²) in [7, 11) is 0. The minimum atomic E-state index is 1.23. The van der Waals surface area contributed by atoms with Crippen molar-refractivity contribution in [2.45, 2.75) is 6.92 Å². The van der Waals surface area contributed by atoms with Crippen LogP contribution < -0.4 is 0 Å². The Kier molecular flexibility index (Phi) is 2.12. The maximum atomic E-state index is 3.53. The second-order valence-electron chi connectivity index (χ2n) is 2.25. The number of thiophene rings is 2. The molecule has 0 aliphatic heterocycles. The summed E-state index contributed by atoms with van der Waals surface area (Å²) in [5.41, 5.74) is 0. The van der Waals surface area contributed by atoms with E-state index in [4.69, 9.17) is 0 Å². The summed E-state index contributed by atoms with van der Waals surface area (Å²) in [6, 6.07) is 2.21. The Hall–Kier alpha value is 0.620. The quantitative estimate of drug-likeness (QED) is 0.656. The molecule has 0 saturated carbocycles. The highest BCUT2D eigenvalue weighted by Gasteiger charge is 2.09. The largest absolute Gasteiger partial charge is 0.138 e. The summed E-state index contributed by atoms with van der Waals surface area (Å²) in [5.74, 6) is 0. The van der Waals surface area contributed by atoms with E-state index in [9.17, 15) is 0 Å². The number of hydrogen-bond acceptors (Lipinski definition) is 2. The molecule has 2 aromatic rings. The molecule has 0 amide bonds. The van der Waals surface area contributed by atoms with E-state index < -0.39 is 0 Å². The van der Waals surface area contributed by atoms with Crippen LogP contribution in [0.15, 0.2) is 13.6 Å². The molecule has 0 fully saturated rings. The Morgan fingerprint density at radius 1 is 1.18 bits per heavy atom. The van der Waals surface area contributed by atoms with Crippen LogP contribution in [0.1, 0.15) is 4.88 Å². The van der Waals surface area contributed by atoms with Crippen LogP contribution in [-0.4, -0.2) is 0 Å². The van der Waals surface area contributed by atoms with Crippen molar-refractivity contribution in [3.8, 4) is 0 Å². The Morgan fingerprint density at radius 3 is 2.55 bits per heavy atom. The van der Waals surface area contributed by atoms with Crippen LogP contribution in [0.25, 0.3) is 10.1 Å². The molecule has 4 heteroatoms. The molecule has 0 aliphatic rings. The normalized spacial score (nSPS) is 11.2. The van der Waals surface area contributed by atoms with E-state index in [0.717, 1.165) is 0 Å². The van der Waals surface area contributed by atoms with E-state index in [1.54, 1.807) is 11.3 Å². The van der Waals surface area contributed by atoms with Crippen molar-refractivity contribution in [2.75, 3.05) is 0 Å². The number of aryl methyl sites for hydroxylation is 1. The number of fused-ring (bicyclic) bond motifs is 1. The van der Waals surface area contributed by atoms with Crippen LogP contribution >= 0.6 is 54.5 Å². The smallest absolute Gasteiger partial charge is 0.0888 e. The molecule has 2 heterocycles. The van der Waals surface area contributed by atoms with Gasteiger partial charge in [-0.15, -0.1) is 22.7 Å². The fourth-order valence-corrected chi connectivity index (χ4v) is 5.30. The van der Waals surface area contributed by atoms with Crippen LogP contribution in [0.4, 0.5) is 0 Å². The van der Waals surface area contributed by atoms with Gasteiger partial charge in [0.25, 0.3) is 0 Å². The van der Waals surface area contributed by atoms with Crippen molar-refractivity contribution in [1.82, 2.24) is 0 Å². The van der Waals surface area contributed by atoms with Gasteiger partial charge in [0.15, 0.2) is 0 Å². The zero-order valence-electron chi connectivity index (χ0n) is 5.65. The van der Waals surface area contributed by atoms with Gasteiger partial charge in [-0.2, -0.15) is 0 Å². The molecule has 11 heavy (non-hydrogen) atoms. The van der Waals surface area contributed by atoms with Crippen LogP contribution in [0.2, 0.25) is 0 Å². The first-order chi connectivity index (χ1) is 5.18. The summed E-state index contributed by atoms with van der Waals surface area (Å²) in [4.78, 5) is 1.37. The molecule has 0 bridgehead atoms. The van der Waals surface area contributed by atoms with Gasteiger partial charge in [0.1, 0.15) is 0 Å². The van der Waals surface area contributed by atoms with Gasteiger partial charge in [0.05, 0.1) is 12.3 Å². The molecule has 58 valence electrons. The molecule has 0 N–H and O–H groups in total. The molecule has 0 atom stereocenters. The van der Waals surface area contributed by atoms with Gasteiger partial charge in [-0.1, -0.05) is 0 Å². The summed E-state index contributed by atoms with van der Waals surface area (Å²) < 4.78 is 3.82. The minimum absolute atomic E-state index is 1.23. The van der Waals surface area contributed by atoms with E-state index in [-0.39, 0.29) is 0 Å². The van der Waals surface area contributed by atoms with E-state index in [1.807, 2.05) is 11.3 Å². The highest BCUT2D eigenvalue weighted by molar-refractivity contribution is 9.12. The number of rotatable bonds is 0. The highest BCUT2D eigenvalue weighted by Crippen LogP contribution is 2.43. The monoisotopic (exact) mass is 310 g/mol. The Bertz CT molecular complexity index is 365. The summed E-state index contributed by atoms with van der Waals surface area (Å²) in [6.07, 6.45) is 0. The molecule has 0 radical (unpaired) electrons. The first-order valence-corrected chi connectivity index (χ1v) is 6.24. The summed E-state index contributed by atoms with van der Waals surface area (Å²) in [5, 5.41) is 1.34.